The highest BCUT2D eigenvalue weighted by molar-refractivity contribution is 6.06. The second-order valence-corrected chi connectivity index (χ2v) is 25.3. The van der Waals surface area contributed by atoms with Gasteiger partial charge in [0.1, 0.15) is 105 Å². The van der Waals surface area contributed by atoms with Gasteiger partial charge in [0, 0.05) is 35.2 Å². The smallest absolute Gasteiger partial charge is 0.455 e. The summed E-state index contributed by atoms with van der Waals surface area (Å²) in [5.41, 5.74) is 5.58. The molecule has 2 aliphatic rings. The van der Waals surface area contributed by atoms with E-state index in [0.717, 1.165) is 33.4 Å². The number of ketones is 1. The first-order valence-electron chi connectivity index (χ1n) is 34.3. The molecular weight excluding hydrogens is 1320 g/mol. The van der Waals surface area contributed by atoms with Crippen LogP contribution in [0, 0.1) is 0 Å². The topological polar surface area (TPSA) is 150 Å². The summed E-state index contributed by atoms with van der Waals surface area (Å²) in [5.74, 6) is -3.62. The van der Waals surface area contributed by atoms with Crippen LogP contribution in [0.15, 0.2) is 291 Å². The van der Waals surface area contributed by atoms with E-state index < -0.39 is 72.4 Å². The quantitative estimate of drug-likeness (QED) is 0.0448. The van der Waals surface area contributed by atoms with Gasteiger partial charge in [-0.05, 0) is 79.9 Å². The van der Waals surface area contributed by atoms with E-state index in [0.29, 0.717) is 28.2 Å². The Balaban J connectivity index is 0.991. The van der Waals surface area contributed by atoms with Gasteiger partial charge in [0.2, 0.25) is 0 Å². The fraction of sp³-hybridized carbons (Fsp3) is 0.170. The highest BCUT2D eigenvalue weighted by Gasteiger charge is 2.52. The predicted molar refractivity (Wildman–Crippen MR) is 387 cm³/mol. The lowest BCUT2D eigenvalue weighted by Gasteiger charge is -2.41. The number of benzene rings is 12. The number of fused-ring (bicyclic) bond motifs is 2. The van der Waals surface area contributed by atoms with Crippen LogP contribution in [0.25, 0.3) is 0 Å². The summed E-state index contributed by atoms with van der Waals surface area (Å²) < 4.78 is 117. The Morgan fingerprint density at radius 1 is 0.365 bits per heavy atom. The van der Waals surface area contributed by atoms with Crippen LogP contribution in [0.4, 0.5) is 13.2 Å². The highest BCUT2D eigenvalue weighted by Crippen LogP contribution is 2.60. The van der Waals surface area contributed by atoms with Crippen LogP contribution in [-0.2, 0) is 59.3 Å². The third-order valence-corrected chi connectivity index (χ3v) is 18.1. The van der Waals surface area contributed by atoms with Gasteiger partial charge >= 0.3 is 6.18 Å². The van der Waals surface area contributed by atoms with Crippen molar-refractivity contribution in [3.8, 4) is 57.5 Å². The second kappa shape index (κ2) is 32.3. The lowest BCUT2D eigenvalue weighted by molar-refractivity contribution is -0.0891. The molecule has 16 heteroatoms. The number of ether oxygens (including phenoxy) is 10. The van der Waals surface area contributed by atoms with Crippen LogP contribution in [0.2, 0.25) is 0 Å². The van der Waals surface area contributed by atoms with Crippen molar-refractivity contribution in [2.45, 2.75) is 95.8 Å². The maximum atomic E-state index is 16.4. The molecule has 0 aromatic heterocycles. The second-order valence-electron chi connectivity index (χ2n) is 25.3. The van der Waals surface area contributed by atoms with Gasteiger partial charge in [-0.25, -0.2) is 0 Å². The molecule has 0 bridgehead atoms. The molecule has 104 heavy (non-hydrogen) atoms. The minimum Gasteiger partial charge on any atom is -0.489 e. The standard InChI is InChI=1S/C88H73F3O13/c89-88(90,91)87(94)80-85-69(49-70(92)82(104-85)66-41-43-71(96-51-59-27-11-2-12-28-59)73(45-66)98-53-61-31-15-4-16-32-61)84(101-56-64-37-21-7-22-38-64)79(86(80)102-57-65-39-23-8-24-40-65)78-77-75(100-55-63-35-19-6-20-36-63)47-68(95-50-58-25-9-1-10-26-58)48-76(77)103-83(81(78)93)67-42-44-72(97-52-60-29-13-3-14-30-60)74(46-67)99-54-62-33-17-5-18-34-62/h1-48,70,78,81-83,92-93H,49-57H2/t70-,78?,81-,82+,83+/m0/s1. The number of hydrogen-bond acceptors (Lipinski definition) is 13. The monoisotopic (exact) mass is 1390 g/mol. The molecular formula is C88H73F3O13. The van der Waals surface area contributed by atoms with E-state index in [1.165, 1.54) is 0 Å². The van der Waals surface area contributed by atoms with Crippen molar-refractivity contribution in [2.24, 2.45) is 0 Å². The lowest BCUT2D eigenvalue weighted by atomic mass is 9.76. The first-order chi connectivity index (χ1) is 50.9. The number of alkyl halides is 3. The predicted octanol–water partition coefficient (Wildman–Crippen LogP) is 18.7. The molecule has 14 rings (SSSR count). The Morgan fingerprint density at radius 2 is 0.712 bits per heavy atom. The van der Waals surface area contributed by atoms with Gasteiger partial charge in [-0.1, -0.05) is 255 Å². The molecule has 0 saturated heterocycles. The average Bonchev–Trinajstić information content (AvgIpc) is 0.712. The summed E-state index contributed by atoms with van der Waals surface area (Å²) in [6.07, 6.45) is -12.3. The average molecular weight is 1400 g/mol. The largest absolute Gasteiger partial charge is 0.489 e. The molecule has 524 valence electrons. The zero-order chi connectivity index (χ0) is 71.2. The zero-order valence-corrected chi connectivity index (χ0v) is 56.5. The number of rotatable bonds is 28. The SMILES string of the molecule is O=C(c1c2c(c(OCc3ccccc3)c(C3c4c(OCc5ccccc5)cc(OCc5ccccc5)cc4O[C@H](c4ccc(OCc5ccccc5)c(OCc5ccccc5)c4)[C@H]3O)c1OCc1ccccc1)C[C@H](O)[C@@H](c1ccc(OCc3ccccc3)c(OCc3ccccc3)c1)O2)C(F)(F)F. The highest BCUT2D eigenvalue weighted by atomic mass is 19.4. The zero-order valence-electron chi connectivity index (χ0n) is 56.5. The van der Waals surface area contributed by atoms with Crippen LogP contribution >= 0.6 is 0 Å². The maximum Gasteiger partial charge on any atom is 0.455 e. The first-order valence-corrected chi connectivity index (χ1v) is 34.3. The third-order valence-electron chi connectivity index (χ3n) is 18.1. The van der Waals surface area contributed by atoms with Crippen molar-refractivity contribution in [1.82, 2.24) is 0 Å². The van der Waals surface area contributed by atoms with E-state index in [2.05, 4.69) is 0 Å². The summed E-state index contributed by atoms with van der Waals surface area (Å²) >= 11 is 0. The molecule has 2 N–H and O–H groups in total. The maximum absolute atomic E-state index is 16.4. The Hall–Kier alpha value is -12.0. The summed E-state index contributed by atoms with van der Waals surface area (Å²) in [6, 6.07) is 88.2. The minimum atomic E-state index is -5.60. The molecule has 12 aromatic rings. The molecule has 5 atom stereocenters. The Labute approximate surface area is 600 Å². The van der Waals surface area contributed by atoms with Gasteiger partial charge in [0.05, 0.1) is 12.0 Å². The molecule has 0 saturated carbocycles. The molecule has 0 amide bonds. The normalized spacial score (nSPS) is 15.9. The summed E-state index contributed by atoms with van der Waals surface area (Å²) in [4.78, 5) is 15.3. The van der Waals surface area contributed by atoms with Crippen molar-refractivity contribution in [1.29, 1.82) is 0 Å². The van der Waals surface area contributed by atoms with E-state index in [-0.39, 0.29) is 103 Å². The Kier molecular flexibility index (Phi) is 21.5. The van der Waals surface area contributed by atoms with Gasteiger partial charge in [0.25, 0.3) is 5.78 Å². The minimum absolute atomic E-state index is 0.0501. The molecule has 13 nitrogen and oxygen atoms in total. The number of aliphatic hydroxyl groups excluding tert-OH is 2. The Morgan fingerprint density at radius 3 is 1.11 bits per heavy atom. The van der Waals surface area contributed by atoms with E-state index in [9.17, 15) is 10.2 Å². The number of Topliss-reactive ketones (excluding diaryl/α,β-unsaturated/α-hetero) is 1. The number of aliphatic hydroxyl groups is 2. The molecule has 2 heterocycles. The van der Waals surface area contributed by atoms with E-state index in [1.807, 2.05) is 212 Å². The summed E-state index contributed by atoms with van der Waals surface area (Å²) in [7, 11) is 0. The first kappa shape index (κ1) is 69.1. The molecule has 0 aliphatic carbocycles. The number of halogens is 3. The van der Waals surface area contributed by atoms with Gasteiger partial charge in [0.15, 0.2) is 29.1 Å². The van der Waals surface area contributed by atoms with E-state index in [4.69, 9.17) is 47.4 Å². The van der Waals surface area contributed by atoms with Crippen LogP contribution in [0.3, 0.4) is 0 Å². The fourth-order valence-corrected chi connectivity index (χ4v) is 12.9. The number of hydrogen-bond donors (Lipinski definition) is 2. The van der Waals surface area contributed by atoms with Crippen LogP contribution in [0.5, 0.6) is 57.5 Å². The molecule has 0 radical (unpaired) electrons. The molecule has 2 aliphatic heterocycles. The van der Waals surface area contributed by atoms with Crippen molar-refractivity contribution in [3.63, 3.8) is 0 Å². The van der Waals surface area contributed by atoms with Crippen molar-refractivity contribution in [2.75, 3.05) is 0 Å². The molecule has 0 spiro atoms. The lowest BCUT2D eigenvalue weighted by Crippen LogP contribution is -2.37. The van der Waals surface area contributed by atoms with Gasteiger partial charge < -0.3 is 57.6 Å². The van der Waals surface area contributed by atoms with Crippen molar-refractivity contribution in [3.05, 3.63) is 369 Å². The molecule has 1 unspecified atom stereocenters. The van der Waals surface area contributed by atoms with E-state index >= 15 is 18.0 Å². The third kappa shape index (κ3) is 16.5. The van der Waals surface area contributed by atoms with Gasteiger partial charge in [-0.2, -0.15) is 13.2 Å². The molecule has 12 aromatic carbocycles. The number of carbonyl (C=O) groups excluding carboxylic acids is 1. The van der Waals surface area contributed by atoms with Crippen LogP contribution in [-0.4, -0.2) is 34.4 Å². The van der Waals surface area contributed by atoms with Crippen molar-refractivity contribution >= 4 is 5.78 Å². The van der Waals surface area contributed by atoms with Gasteiger partial charge in [-0.3, -0.25) is 4.79 Å². The Bertz CT molecular complexity index is 4830. The van der Waals surface area contributed by atoms with Crippen LogP contribution < -0.4 is 47.4 Å². The van der Waals surface area contributed by atoms with Gasteiger partial charge in [-0.15, -0.1) is 0 Å². The number of carbonyl (C=O) groups is 1. The van der Waals surface area contributed by atoms with E-state index in [1.54, 1.807) is 78.9 Å². The molecule has 0 fully saturated rings. The van der Waals surface area contributed by atoms with Crippen LogP contribution in [0.1, 0.15) is 101 Å². The summed E-state index contributed by atoms with van der Waals surface area (Å²) in [6.45, 7) is -0.0375. The fourth-order valence-electron chi connectivity index (χ4n) is 12.9. The van der Waals surface area contributed by atoms with Crippen molar-refractivity contribution < 1.29 is 75.5 Å². The summed E-state index contributed by atoms with van der Waals surface area (Å²) in [5, 5.41) is 27.1.